The van der Waals surface area contributed by atoms with Crippen LogP contribution in [-0.2, 0) is 0 Å². The molecule has 0 spiro atoms. The fourth-order valence-electron chi connectivity index (χ4n) is 3.53. The number of nitrogens with one attached hydrogen (secondary N) is 1. The zero-order chi connectivity index (χ0) is 17.8. The summed E-state index contributed by atoms with van der Waals surface area (Å²) in [6, 6.07) is 10.8. The Hall–Kier alpha value is -1.92. The van der Waals surface area contributed by atoms with Crippen LogP contribution in [0.2, 0.25) is 5.02 Å². The molecule has 1 N–H and O–H groups in total. The molecule has 1 fully saturated rings. The summed E-state index contributed by atoms with van der Waals surface area (Å²) < 4.78 is 12.4. The van der Waals surface area contributed by atoms with Crippen LogP contribution in [0.1, 0.15) is 24.9 Å². The highest BCUT2D eigenvalue weighted by Gasteiger charge is 2.49. The van der Waals surface area contributed by atoms with Gasteiger partial charge in [0, 0.05) is 16.5 Å². The van der Waals surface area contributed by atoms with Gasteiger partial charge in [-0.2, -0.15) is 0 Å². The van der Waals surface area contributed by atoms with Crippen LogP contribution in [0.15, 0.2) is 40.9 Å². The van der Waals surface area contributed by atoms with E-state index < -0.39 is 5.72 Å². The number of hydrogen-bond donors (Lipinski definition) is 1. The van der Waals surface area contributed by atoms with Gasteiger partial charge in [-0.15, -0.1) is 0 Å². The van der Waals surface area contributed by atoms with E-state index >= 15 is 0 Å². The van der Waals surface area contributed by atoms with Crippen molar-refractivity contribution >= 4 is 39.2 Å². The summed E-state index contributed by atoms with van der Waals surface area (Å²) in [7, 11) is 1.56. The third-order valence-electron chi connectivity index (χ3n) is 4.63. The lowest BCUT2D eigenvalue weighted by Gasteiger charge is -2.50. The zero-order valence-electron chi connectivity index (χ0n) is 13.7. The lowest BCUT2D eigenvalue weighted by Crippen LogP contribution is -2.65. The summed E-state index contributed by atoms with van der Waals surface area (Å²) in [4.78, 5) is 14.4. The molecule has 2 atom stereocenters. The van der Waals surface area contributed by atoms with Gasteiger partial charge >= 0.3 is 6.03 Å². The van der Waals surface area contributed by atoms with E-state index in [0.717, 1.165) is 15.8 Å². The minimum atomic E-state index is -0.800. The van der Waals surface area contributed by atoms with Gasteiger partial charge in [-0.1, -0.05) is 27.5 Å². The average molecular weight is 424 g/mol. The third kappa shape index (κ3) is 2.64. The Bertz CT molecular complexity index is 875. The van der Waals surface area contributed by atoms with Crippen molar-refractivity contribution in [3.63, 3.8) is 0 Å². The number of amides is 2. The molecule has 2 amide bonds. The predicted molar refractivity (Wildman–Crippen MR) is 99.5 cm³/mol. The van der Waals surface area contributed by atoms with Gasteiger partial charge in [-0.3, -0.25) is 4.90 Å². The molecule has 0 aromatic heterocycles. The average Bonchev–Trinajstić information content (AvgIpc) is 2.55. The zero-order valence-corrected chi connectivity index (χ0v) is 16.0. The Kier molecular flexibility index (Phi) is 3.85. The van der Waals surface area contributed by atoms with E-state index in [9.17, 15) is 4.79 Å². The number of carbonyl (C=O) groups is 1. The van der Waals surface area contributed by atoms with Gasteiger partial charge < -0.3 is 14.8 Å². The molecule has 130 valence electrons. The largest absolute Gasteiger partial charge is 0.495 e. The second-order valence-electron chi connectivity index (χ2n) is 6.32. The molecule has 4 rings (SSSR count). The minimum Gasteiger partial charge on any atom is -0.495 e. The molecule has 2 heterocycles. The molecular weight excluding hydrogens is 408 g/mol. The lowest BCUT2D eigenvalue weighted by atomic mass is 9.90. The maximum atomic E-state index is 12.8. The molecule has 0 saturated carbocycles. The molecule has 0 unspecified atom stereocenters. The Balaban J connectivity index is 1.78. The van der Waals surface area contributed by atoms with Crippen LogP contribution in [0.25, 0.3) is 0 Å². The number of fused-ring (bicyclic) bond motifs is 4. The standard InChI is InChI=1S/C18H16BrClN2O3/c1-18-9-14(12-7-10(19)3-5-15(12)25-18)21-17(23)22(18)11-4-6-16(24-2)13(20)8-11/h3-8,14H,9H2,1-2H3,(H,21,23)/t14-,18+/m1/s1. The van der Waals surface area contributed by atoms with E-state index in [1.807, 2.05) is 25.1 Å². The van der Waals surface area contributed by atoms with Crippen molar-refractivity contribution in [3.05, 3.63) is 51.5 Å². The first kappa shape index (κ1) is 16.5. The van der Waals surface area contributed by atoms with Crippen molar-refractivity contribution < 1.29 is 14.3 Å². The number of methoxy groups -OCH3 is 1. The van der Waals surface area contributed by atoms with Gasteiger partial charge in [0.05, 0.1) is 23.9 Å². The minimum absolute atomic E-state index is 0.0938. The van der Waals surface area contributed by atoms with E-state index in [2.05, 4.69) is 21.2 Å². The van der Waals surface area contributed by atoms with Crippen molar-refractivity contribution in [3.8, 4) is 11.5 Å². The number of benzene rings is 2. The molecule has 2 aromatic rings. The van der Waals surface area contributed by atoms with Gasteiger partial charge in [0.25, 0.3) is 0 Å². The highest BCUT2D eigenvalue weighted by atomic mass is 79.9. The van der Waals surface area contributed by atoms with Crippen LogP contribution in [0.5, 0.6) is 11.5 Å². The smallest absolute Gasteiger partial charge is 0.325 e. The van der Waals surface area contributed by atoms with Gasteiger partial charge in [0.15, 0.2) is 5.72 Å². The fraction of sp³-hybridized carbons (Fsp3) is 0.278. The molecule has 25 heavy (non-hydrogen) atoms. The Labute approximate surface area is 159 Å². The fourth-order valence-corrected chi connectivity index (χ4v) is 4.16. The monoisotopic (exact) mass is 422 g/mol. The summed E-state index contributed by atoms with van der Waals surface area (Å²) in [6.07, 6.45) is 0.631. The Morgan fingerprint density at radius 3 is 2.88 bits per heavy atom. The number of urea groups is 1. The second kappa shape index (κ2) is 5.81. The SMILES string of the molecule is COc1ccc(N2C(=O)N[C@@H]3C[C@]2(C)Oc2ccc(Br)cc23)cc1Cl. The maximum Gasteiger partial charge on any atom is 0.325 e. The summed E-state index contributed by atoms with van der Waals surface area (Å²) in [5, 5.41) is 3.51. The highest BCUT2D eigenvalue weighted by Crippen LogP contribution is 2.46. The van der Waals surface area contributed by atoms with E-state index in [0.29, 0.717) is 22.9 Å². The van der Waals surface area contributed by atoms with Crippen molar-refractivity contribution in [1.82, 2.24) is 5.32 Å². The molecule has 2 bridgehead atoms. The number of carbonyl (C=O) groups excluding carboxylic acids is 1. The summed E-state index contributed by atoms with van der Waals surface area (Å²) in [5.41, 5.74) is 0.837. The van der Waals surface area contributed by atoms with Crippen molar-refractivity contribution in [2.75, 3.05) is 12.0 Å². The predicted octanol–water partition coefficient (Wildman–Crippen LogP) is 4.88. The van der Waals surface area contributed by atoms with Crippen LogP contribution in [0.3, 0.4) is 0 Å². The number of halogens is 2. The number of ether oxygens (including phenoxy) is 2. The molecular formula is C18H16BrClN2O3. The second-order valence-corrected chi connectivity index (χ2v) is 7.64. The van der Waals surface area contributed by atoms with Gasteiger partial charge in [-0.25, -0.2) is 4.79 Å². The lowest BCUT2D eigenvalue weighted by molar-refractivity contribution is 0.0378. The van der Waals surface area contributed by atoms with Crippen molar-refractivity contribution in [2.24, 2.45) is 0 Å². The maximum absolute atomic E-state index is 12.8. The van der Waals surface area contributed by atoms with Crippen LogP contribution in [-0.4, -0.2) is 18.9 Å². The number of nitrogens with zero attached hydrogens (tertiary/aromatic N) is 1. The normalized spacial score (nSPS) is 24.2. The summed E-state index contributed by atoms with van der Waals surface area (Å²) in [6.45, 7) is 1.92. The van der Waals surface area contributed by atoms with E-state index in [1.165, 1.54) is 0 Å². The molecule has 5 nitrogen and oxygen atoms in total. The third-order valence-corrected chi connectivity index (χ3v) is 5.42. The number of rotatable bonds is 2. The van der Waals surface area contributed by atoms with E-state index in [1.54, 1.807) is 30.2 Å². The van der Waals surface area contributed by atoms with Gasteiger partial charge in [0.1, 0.15) is 11.5 Å². The first-order valence-electron chi connectivity index (χ1n) is 7.84. The van der Waals surface area contributed by atoms with E-state index in [4.69, 9.17) is 21.1 Å². The highest BCUT2D eigenvalue weighted by molar-refractivity contribution is 9.10. The molecule has 2 aliphatic rings. The summed E-state index contributed by atoms with van der Waals surface area (Å²) >= 11 is 9.72. The van der Waals surface area contributed by atoms with Crippen LogP contribution < -0.4 is 19.7 Å². The quantitative estimate of drug-likeness (QED) is 0.749. The Morgan fingerprint density at radius 2 is 2.16 bits per heavy atom. The summed E-state index contributed by atoms with van der Waals surface area (Å²) in [5.74, 6) is 1.33. The molecule has 0 aliphatic carbocycles. The number of hydrogen-bond acceptors (Lipinski definition) is 3. The molecule has 7 heteroatoms. The van der Waals surface area contributed by atoms with Crippen LogP contribution >= 0.6 is 27.5 Å². The topological polar surface area (TPSA) is 50.8 Å². The number of anilines is 1. The first-order chi connectivity index (χ1) is 11.9. The molecule has 2 aliphatic heterocycles. The van der Waals surface area contributed by atoms with Gasteiger partial charge in [0.2, 0.25) is 0 Å². The molecule has 0 radical (unpaired) electrons. The Morgan fingerprint density at radius 1 is 1.36 bits per heavy atom. The van der Waals surface area contributed by atoms with E-state index in [-0.39, 0.29) is 12.1 Å². The molecule has 2 aromatic carbocycles. The van der Waals surface area contributed by atoms with Crippen molar-refractivity contribution in [2.45, 2.75) is 25.1 Å². The molecule has 1 saturated heterocycles. The van der Waals surface area contributed by atoms with Crippen molar-refractivity contribution in [1.29, 1.82) is 0 Å². The van der Waals surface area contributed by atoms with Gasteiger partial charge in [-0.05, 0) is 43.3 Å². The first-order valence-corrected chi connectivity index (χ1v) is 9.01. The van der Waals surface area contributed by atoms with Crippen LogP contribution in [0, 0.1) is 0 Å². The van der Waals surface area contributed by atoms with Crippen LogP contribution in [0.4, 0.5) is 10.5 Å².